The Labute approximate surface area is 144 Å². The predicted molar refractivity (Wildman–Crippen MR) is 96.8 cm³/mol. The lowest BCUT2D eigenvalue weighted by molar-refractivity contribution is -0.138. The molecule has 0 aromatic heterocycles. The van der Waals surface area contributed by atoms with Crippen molar-refractivity contribution in [3.63, 3.8) is 0 Å². The summed E-state index contributed by atoms with van der Waals surface area (Å²) >= 11 is 0. The highest BCUT2D eigenvalue weighted by atomic mass is 16.5. The lowest BCUT2D eigenvalue weighted by atomic mass is 9.88. The maximum Gasteiger partial charge on any atom is 0.311 e. The summed E-state index contributed by atoms with van der Waals surface area (Å²) < 4.78 is 5.85. The number of rotatable bonds is 8. The molecular formula is C21H26O3. The minimum absolute atomic E-state index is 0.432. The van der Waals surface area contributed by atoms with Crippen molar-refractivity contribution >= 4 is 5.97 Å². The number of para-hydroxylation sites is 1. The molecule has 3 nitrogen and oxygen atoms in total. The third kappa shape index (κ3) is 4.60. The second kappa shape index (κ2) is 8.53. The van der Waals surface area contributed by atoms with Crippen LogP contribution in [-0.4, -0.2) is 17.7 Å². The number of hydrogen-bond acceptors (Lipinski definition) is 2. The molecule has 0 radical (unpaired) electrons. The summed E-state index contributed by atoms with van der Waals surface area (Å²) in [5, 5.41) is 9.75. The van der Waals surface area contributed by atoms with E-state index in [0.29, 0.717) is 13.0 Å². The van der Waals surface area contributed by atoms with Crippen LogP contribution in [0.5, 0.6) is 5.75 Å². The number of carbonyl (C=O) groups is 1. The van der Waals surface area contributed by atoms with E-state index in [4.69, 9.17) is 4.74 Å². The van der Waals surface area contributed by atoms with Crippen molar-refractivity contribution in [1.82, 2.24) is 0 Å². The number of aryl methyl sites for hydroxylation is 2. The van der Waals surface area contributed by atoms with Gasteiger partial charge in [-0.3, -0.25) is 4.79 Å². The topological polar surface area (TPSA) is 46.5 Å². The first-order valence-corrected chi connectivity index (χ1v) is 8.53. The van der Waals surface area contributed by atoms with E-state index in [9.17, 15) is 9.90 Å². The van der Waals surface area contributed by atoms with Crippen LogP contribution < -0.4 is 4.74 Å². The molecule has 1 N–H and O–H groups in total. The van der Waals surface area contributed by atoms with Crippen LogP contribution in [0.2, 0.25) is 0 Å². The highest BCUT2D eigenvalue weighted by Gasteiger charge is 2.23. The van der Waals surface area contributed by atoms with Crippen molar-refractivity contribution in [2.45, 2.75) is 46.0 Å². The first-order valence-electron chi connectivity index (χ1n) is 8.53. The average molecular weight is 326 g/mol. The van der Waals surface area contributed by atoms with Crippen molar-refractivity contribution in [3.05, 3.63) is 64.7 Å². The van der Waals surface area contributed by atoms with E-state index in [1.165, 1.54) is 0 Å². The normalized spacial score (nSPS) is 12.0. The number of hydrogen-bond donors (Lipinski definition) is 1. The Balaban J connectivity index is 2.27. The number of carboxylic acids is 1. The van der Waals surface area contributed by atoms with E-state index in [2.05, 4.69) is 6.92 Å². The second-order valence-corrected chi connectivity index (χ2v) is 6.26. The van der Waals surface area contributed by atoms with Crippen molar-refractivity contribution in [2.24, 2.45) is 0 Å². The molecule has 0 amide bonds. The van der Waals surface area contributed by atoms with Gasteiger partial charge in [-0.2, -0.15) is 0 Å². The second-order valence-electron chi connectivity index (χ2n) is 6.26. The van der Waals surface area contributed by atoms with Crippen LogP contribution in [0.25, 0.3) is 0 Å². The van der Waals surface area contributed by atoms with Gasteiger partial charge in [-0.25, -0.2) is 0 Å². The summed E-state index contributed by atoms with van der Waals surface area (Å²) in [6.07, 6.45) is 2.50. The van der Waals surface area contributed by atoms with Gasteiger partial charge < -0.3 is 9.84 Å². The molecule has 1 atom stereocenters. The average Bonchev–Trinajstić information content (AvgIpc) is 2.54. The van der Waals surface area contributed by atoms with Crippen LogP contribution in [0.15, 0.2) is 42.5 Å². The Kier molecular flexibility index (Phi) is 6.42. The van der Waals surface area contributed by atoms with Gasteiger partial charge >= 0.3 is 5.97 Å². The molecule has 0 fully saturated rings. The number of ether oxygens (including phenoxy) is 1. The summed E-state index contributed by atoms with van der Waals surface area (Å²) in [6, 6.07) is 13.7. The van der Waals surface area contributed by atoms with Crippen LogP contribution in [-0.2, 0) is 11.2 Å². The van der Waals surface area contributed by atoms with Crippen molar-refractivity contribution in [3.8, 4) is 5.75 Å². The van der Waals surface area contributed by atoms with Crippen LogP contribution in [0.1, 0.15) is 47.9 Å². The van der Waals surface area contributed by atoms with E-state index in [1.54, 1.807) is 0 Å². The molecule has 2 aromatic rings. The fourth-order valence-electron chi connectivity index (χ4n) is 2.91. The maximum absolute atomic E-state index is 11.9. The van der Waals surface area contributed by atoms with Crippen molar-refractivity contribution in [2.75, 3.05) is 6.61 Å². The van der Waals surface area contributed by atoms with Crippen molar-refractivity contribution in [1.29, 1.82) is 0 Å². The van der Waals surface area contributed by atoms with E-state index in [-0.39, 0.29) is 0 Å². The number of carboxylic acid groups (broad SMARTS) is 1. The Bertz CT molecular complexity index is 691. The molecule has 24 heavy (non-hydrogen) atoms. The molecule has 0 bridgehead atoms. The molecule has 0 aliphatic carbocycles. The number of aliphatic carboxylic acids is 1. The molecular weight excluding hydrogens is 300 g/mol. The lowest BCUT2D eigenvalue weighted by Crippen LogP contribution is -2.16. The van der Waals surface area contributed by atoms with E-state index in [1.807, 2.05) is 56.3 Å². The summed E-state index contributed by atoms with van der Waals surface area (Å²) in [7, 11) is 0. The van der Waals surface area contributed by atoms with Crippen LogP contribution in [0.4, 0.5) is 0 Å². The summed E-state index contributed by atoms with van der Waals surface area (Å²) in [6.45, 7) is 6.77. The Morgan fingerprint density at radius 2 is 1.92 bits per heavy atom. The number of unbranched alkanes of at least 4 members (excludes halogenated alkanes) is 1. The summed E-state index contributed by atoms with van der Waals surface area (Å²) in [5.41, 5.74) is 3.98. The minimum atomic E-state index is -0.801. The van der Waals surface area contributed by atoms with Gasteiger partial charge in [0.2, 0.25) is 0 Å². The zero-order valence-corrected chi connectivity index (χ0v) is 14.7. The molecule has 0 aliphatic rings. The van der Waals surface area contributed by atoms with Gasteiger partial charge in [0.1, 0.15) is 5.75 Å². The summed E-state index contributed by atoms with van der Waals surface area (Å²) in [4.78, 5) is 11.9. The quantitative estimate of drug-likeness (QED) is 0.702. The van der Waals surface area contributed by atoms with Crippen LogP contribution in [0.3, 0.4) is 0 Å². The highest BCUT2D eigenvalue weighted by Crippen LogP contribution is 2.29. The van der Waals surface area contributed by atoms with Gasteiger partial charge in [0, 0.05) is 0 Å². The molecule has 128 valence electrons. The molecule has 0 heterocycles. The molecule has 1 unspecified atom stereocenters. The van der Waals surface area contributed by atoms with Gasteiger partial charge in [0.05, 0.1) is 12.5 Å². The fourth-order valence-corrected chi connectivity index (χ4v) is 2.91. The van der Waals surface area contributed by atoms with Crippen LogP contribution in [0, 0.1) is 13.8 Å². The zero-order valence-electron chi connectivity index (χ0n) is 14.7. The highest BCUT2D eigenvalue weighted by molar-refractivity contribution is 5.77. The Hall–Kier alpha value is -2.29. The van der Waals surface area contributed by atoms with E-state index in [0.717, 1.165) is 40.8 Å². The Morgan fingerprint density at radius 1 is 1.17 bits per heavy atom. The zero-order chi connectivity index (χ0) is 17.5. The monoisotopic (exact) mass is 326 g/mol. The molecule has 0 saturated heterocycles. The summed E-state index contributed by atoms with van der Waals surface area (Å²) in [5.74, 6) is -0.575. The standard InChI is InChI=1S/C21H26O3/c1-4-5-12-24-20-9-7-6-8-17(20)14-19(21(22)23)18-11-10-15(2)13-16(18)3/h6-11,13,19H,4-5,12,14H2,1-3H3,(H,22,23). The van der Waals surface area contributed by atoms with Gasteiger partial charge in [0.15, 0.2) is 0 Å². The van der Waals surface area contributed by atoms with Crippen molar-refractivity contribution < 1.29 is 14.6 Å². The van der Waals surface area contributed by atoms with Gasteiger partial charge in [-0.05, 0) is 49.4 Å². The molecule has 3 heteroatoms. The Morgan fingerprint density at radius 3 is 2.58 bits per heavy atom. The molecule has 2 aromatic carbocycles. The maximum atomic E-state index is 11.9. The molecule has 0 spiro atoms. The van der Waals surface area contributed by atoms with Gasteiger partial charge in [-0.15, -0.1) is 0 Å². The predicted octanol–water partition coefficient (Wildman–Crippen LogP) is 4.89. The largest absolute Gasteiger partial charge is 0.493 e. The number of benzene rings is 2. The molecule has 0 aliphatic heterocycles. The lowest BCUT2D eigenvalue weighted by Gasteiger charge is -2.18. The fraction of sp³-hybridized carbons (Fsp3) is 0.381. The van der Waals surface area contributed by atoms with E-state index < -0.39 is 11.9 Å². The van der Waals surface area contributed by atoms with Crippen LogP contribution >= 0.6 is 0 Å². The van der Waals surface area contributed by atoms with Gasteiger partial charge in [-0.1, -0.05) is 55.3 Å². The van der Waals surface area contributed by atoms with Gasteiger partial charge in [0.25, 0.3) is 0 Å². The van der Waals surface area contributed by atoms with E-state index >= 15 is 0 Å². The first kappa shape index (κ1) is 18.1. The minimum Gasteiger partial charge on any atom is -0.493 e. The third-order valence-electron chi connectivity index (χ3n) is 4.25. The third-order valence-corrected chi connectivity index (χ3v) is 4.25. The molecule has 2 rings (SSSR count). The smallest absolute Gasteiger partial charge is 0.311 e. The SMILES string of the molecule is CCCCOc1ccccc1CC(C(=O)O)c1ccc(C)cc1C. The first-order chi connectivity index (χ1) is 11.5. The molecule has 0 saturated carbocycles.